The van der Waals surface area contributed by atoms with Gasteiger partial charge >= 0.3 is 0 Å². The first-order valence-corrected chi connectivity index (χ1v) is 5.88. The van der Waals surface area contributed by atoms with Crippen LogP contribution in [0, 0.1) is 4.77 Å². The Balaban J connectivity index is 2.61. The van der Waals surface area contributed by atoms with E-state index in [9.17, 15) is 8.78 Å². The van der Waals surface area contributed by atoms with Crippen molar-refractivity contribution in [2.75, 3.05) is 0 Å². The number of aromatic nitrogens is 4. The van der Waals surface area contributed by atoms with Crippen LogP contribution >= 0.6 is 12.2 Å². The highest BCUT2D eigenvalue weighted by Gasteiger charge is 2.16. The summed E-state index contributed by atoms with van der Waals surface area (Å²) in [6, 6.07) is 0. The van der Waals surface area contributed by atoms with E-state index in [4.69, 9.17) is 12.2 Å². The third kappa shape index (κ3) is 2.11. The SMILES string of the molecule is CCCc1nn(C)c2c1[nH]c(=S)n2CC(F)F. The third-order valence-electron chi connectivity index (χ3n) is 2.63. The number of rotatable bonds is 4. The molecule has 0 saturated carbocycles. The van der Waals surface area contributed by atoms with Crippen molar-refractivity contribution in [1.29, 1.82) is 0 Å². The molecule has 1 N–H and O–H groups in total. The van der Waals surface area contributed by atoms with E-state index >= 15 is 0 Å². The number of nitrogens with one attached hydrogen (secondary N) is 1. The quantitative estimate of drug-likeness (QED) is 0.858. The summed E-state index contributed by atoms with van der Waals surface area (Å²) >= 11 is 5.06. The fourth-order valence-corrected chi connectivity index (χ4v) is 2.26. The second-order valence-electron chi connectivity index (χ2n) is 3.95. The van der Waals surface area contributed by atoms with E-state index in [-0.39, 0.29) is 0 Å². The minimum Gasteiger partial charge on any atom is -0.328 e. The van der Waals surface area contributed by atoms with Crippen LogP contribution in [0.15, 0.2) is 0 Å². The first-order chi connectivity index (χ1) is 8.04. The van der Waals surface area contributed by atoms with E-state index in [2.05, 4.69) is 10.1 Å². The van der Waals surface area contributed by atoms with Crippen LogP contribution in [0.25, 0.3) is 11.2 Å². The number of fused-ring (bicyclic) bond motifs is 1. The van der Waals surface area contributed by atoms with Gasteiger partial charge in [-0.1, -0.05) is 13.3 Å². The van der Waals surface area contributed by atoms with Crippen LogP contribution in [-0.4, -0.2) is 25.8 Å². The van der Waals surface area contributed by atoms with Gasteiger partial charge < -0.3 is 4.98 Å². The fourth-order valence-electron chi connectivity index (χ4n) is 2.00. The molecule has 0 unspecified atom stereocenters. The number of hydrogen-bond acceptors (Lipinski definition) is 2. The average molecular weight is 260 g/mol. The maximum Gasteiger partial charge on any atom is 0.256 e. The van der Waals surface area contributed by atoms with Crippen molar-refractivity contribution < 1.29 is 8.78 Å². The molecule has 0 aliphatic heterocycles. The van der Waals surface area contributed by atoms with Gasteiger partial charge in [-0.25, -0.2) is 8.78 Å². The summed E-state index contributed by atoms with van der Waals surface area (Å²) in [5, 5.41) is 4.32. The highest BCUT2D eigenvalue weighted by atomic mass is 32.1. The monoisotopic (exact) mass is 260 g/mol. The van der Waals surface area contributed by atoms with Crippen molar-refractivity contribution in [2.24, 2.45) is 7.05 Å². The Bertz CT molecular complexity index is 581. The number of nitrogens with zero attached hydrogens (tertiary/aromatic N) is 3. The Morgan fingerprint density at radius 2 is 2.18 bits per heavy atom. The van der Waals surface area contributed by atoms with Gasteiger partial charge in [0.1, 0.15) is 5.52 Å². The fraction of sp³-hybridized carbons (Fsp3) is 0.600. The predicted octanol–water partition coefficient (Wildman–Crippen LogP) is 2.65. The minimum absolute atomic E-state index is 0.325. The van der Waals surface area contributed by atoms with Crippen molar-refractivity contribution in [3.05, 3.63) is 10.5 Å². The molecule has 17 heavy (non-hydrogen) atoms. The van der Waals surface area contributed by atoms with Gasteiger partial charge in [-0.2, -0.15) is 5.10 Å². The molecule has 0 aliphatic rings. The Kier molecular flexibility index (Phi) is 3.28. The average Bonchev–Trinajstić information content (AvgIpc) is 2.69. The van der Waals surface area contributed by atoms with Crippen LogP contribution < -0.4 is 0 Å². The van der Waals surface area contributed by atoms with Crippen molar-refractivity contribution >= 4 is 23.4 Å². The topological polar surface area (TPSA) is 38.5 Å². The Morgan fingerprint density at radius 1 is 1.47 bits per heavy atom. The van der Waals surface area contributed by atoms with Crippen molar-refractivity contribution in [2.45, 2.75) is 32.7 Å². The second-order valence-corrected chi connectivity index (χ2v) is 4.34. The van der Waals surface area contributed by atoms with Crippen LogP contribution in [0.2, 0.25) is 0 Å². The van der Waals surface area contributed by atoms with E-state index in [1.54, 1.807) is 11.7 Å². The molecule has 0 aromatic carbocycles. The molecule has 0 radical (unpaired) electrons. The van der Waals surface area contributed by atoms with Crippen molar-refractivity contribution in [3.8, 4) is 0 Å². The summed E-state index contributed by atoms with van der Waals surface area (Å²) < 4.78 is 28.3. The molecule has 2 aromatic heterocycles. The van der Waals surface area contributed by atoms with Crippen LogP contribution in [0.5, 0.6) is 0 Å². The molecule has 2 heterocycles. The van der Waals surface area contributed by atoms with Crippen LogP contribution in [-0.2, 0) is 20.0 Å². The normalized spacial score (nSPS) is 11.8. The Morgan fingerprint density at radius 3 is 2.76 bits per heavy atom. The summed E-state index contributed by atoms with van der Waals surface area (Å²) in [5.41, 5.74) is 2.29. The summed E-state index contributed by atoms with van der Waals surface area (Å²) in [6.07, 6.45) is -0.668. The molecule has 0 saturated heterocycles. The lowest BCUT2D eigenvalue weighted by molar-refractivity contribution is 0.127. The first kappa shape index (κ1) is 12.2. The van der Waals surface area contributed by atoms with E-state index in [0.717, 1.165) is 24.1 Å². The first-order valence-electron chi connectivity index (χ1n) is 5.47. The number of aromatic amines is 1. The largest absolute Gasteiger partial charge is 0.328 e. The maximum absolute atomic E-state index is 12.5. The molecule has 0 bridgehead atoms. The Hall–Kier alpha value is -1.24. The van der Waals surface area contributed by atoms with Gasteiger partial charge in [0.15, 0.2) is 10.4 Å². The zero-order valence-electron chi connectivity index (χ0n) is 9.70. The number of H-pyrrole nitrogens is 1. The highest BCUT2D eigenvalue weighted by molar-refractivity contribution is 7.71. The molecule has 7 heteroatoms. The summed E-state index contributed by atoms with van der Waals surface area (Å²) in [7, 11) is 1.74. The van der Waals surface area contributed by atoms with Gasteiger partial charge in [0, 0.05) is 7.05 Å². The number of hydrogen-bond donors (Lipinski definition) is 1. The van der Waals surface area contributed by atoms with E-state index < -0.39 is 13.0 Å². The molecule has 2 rings (SSSR count). The van der Waals surface area contributed by atoms with Gasteiger partial charge in [0.05, 0.1) is 12.2 Å². The van der Waals surface area contributed by atoms with Crippen LogP contribution in [0.1, 0.15) is 19.0 Å². The molecule has 4 nitrogen and oxygen atoms in total. The smallest absolute Gasteiger partial charge is 0.256 e. The number of aryl methyl sites for hydroxylation is 2. The highest BCUT2D eigenvalue weighted by Crippen LogP contribution is 2.19. The summed E-state index contributed by atoms with van der Waals surface area (Å²) in [4.78, 5) is 2.97. The molecule has 0 spiro atoms. The van der Waals surface area contributed by atoms with Crippen LogP contribution in [0.4, 0.5) is 8.78 Å². The van der Waals surface area contributed by atoms with E-state index in [1.165, 1.54) is 4.57 Å². The number of halogens is 2. The molecule has 0 amide bonds. The van der Waals surface area contributed by atoms with Crippen LogP contribution in [0.3, 0.4) is 0 Å². The van der Waals surface area contributed by atoms with Gasteiger partial charge in [-0.15, -0.1) is 0 Å². The van der Waals surface area contributed by atoms with E-state index in [0.29, 0.717) is 10.4 Å². The van der Waals surface area contributed by atoms with Gasteiger partial charge in [-0.3, -0.25) is 9.25 Å². The molecule has 0 fully saturated rings. The summed E-state index contributed by atoms with van der Waals surface area (Å²) in [6.45, 7) is 1.65. The summed E-state index contributed by atoms with van der Waals surface area (Å²) in [5.74, 6) is 0. The van der Waals surface area contributed by atoms with Crippen molar-refractivity contribution in [1.82, 2.24) is 19.3 Å². The molecule has 2 aromatic rings. The van der Waals surface area contributed by atoms with Gasteiger partial charge in [0.25, 0.3) is 6.43 Å². The lowest BCUT2D eigenvalue weighted by atomic mass is 10.2. The minimum atomic E-state index is -2.43. The maximum atomic E-state index is 12.5. The molecular weight excluding hydrogens is 246 g/mol. The zero-order chi connectivity index (χ0) is 12.6. The third-order valence-corrected chi connectivity index (χ3v) is 2.95. The molecule has 0 atom stereocenters. The Labute approximate surface area is 102 Å². The number of imidazole rings is 1. The lowest BCUT2D eigenvalue weighted by Gasteiger charge is -2.02. The molecule has 0 aliphatic carbocycles. The second kappa shape index (κ2) is 4.56. The van der Waals surface area contributed by atoms with E-state index in [1.807, 2.05) is 6.92 Å². The molecular formula is C10H14F2N4S. The standard InChI is InChI=1S/C10H14F2N4S/c1-3-4-6-8-9(15(2)14-6)16(5-7(11)12)10(17)13-8/h7H,3-5H2,1-2H3,(H,13,17). The lowest BCUT2D eigenvalue weighted by Crippen LogP contribution is -2.09. The zero-order valence-corrected chi connectivity index (χ0v) is 10.5. The van der Waals surface area contributed by atoms with Gasteiger partial charge in [-0.05, 0) is 18.6 Å². The van der Waals surface area contributed by atoms with Gasteiger partial charge in [0.2, 0.25) is 0 Å². The number of alkyl halides is 2. The predicted molar refractivity (Wildman–Crippen MR) is 63.9 cm³/mol. The molecule has 94 valence electrons. The van der Waals surface area contributed by atoms with Crippen molar-refractivity contribution in [3.63, 3.8) is 0 Å².